The zero-order valence-electron chi connectivity index (χ0n) is 9.34. The highest BCUT2D eigenvalue weighted by molar-refractivity contribution is 5.81. The Morgan fingerprint density at radius 1 is 1.50 bits per heavy atom. The second kappa shape index (κ2) is 4.89. The van der Waals surface area contributed by atoms with Gasteiger partial charge in [-0.25, -0.2) is 0 Å². The second-order valence-corrected chi connectivity index (χ2v) is 4.49. The molecule has 0 bridgehead atoms. The predicted octanol–water partition coefficient (Wildman–Crippen LogP) is 1.94. The van der Waals surface area contributed by atoms with Gasteiger partial charge in [-0.3, -0.25) is 4.79 Å². The van der Waals surface area contributed by atoms with E-state index in [-0.39, 0.29) is 11.7 Å². The molecule has 1 fully saturated rings. The second-order valence-electron chi connectivity index (χ2n) is 4.49. The Morgan fingerprint density at radius 2 is 2.21 bits per heavy atom. The number of ketones is 1. The fourth-order valence-corrected chi connectivity index (χ4v) is 1.50. The lowest BCUT2D eigenvalue weighted by atomic mass is 10.1. The standard InChI is InChI=1S/C11H20O3/c1-11(2,13-3)6-7-14-10-5-4-9(12)8-10/h10H,4-8H2,1-3H3. The normalized spacial score (nSPS) is 23.1. The molecule has 1 aliphatic carbocycles. The maximum Gasteiger partial charge on any atom is 0.135 e. The molecule has 1 atom stereocenters. The number of ether oxygens (including phenoxy) is 2. The van der Waals surface area contributed by atoms with Crippen molar-refractivity contribution in [2.24, 2.45) is 0 Å². The Hall–Kier alpha value is -0.410. The van der Waals surface area contributed by atoms with Gasteiger partial charge >= 0.3 is 0 Å². The Labute approximate surface area is 85.8 Å². The summed E-state index contributed by atoms with van der Waals surface area (Å²) in [7, 11) is 1.71. The molecule has 1 rings (SSSR count). The third-order valence-corrected chi connectivity index (χ3v) is 2.81. The number of hydrogen-bond donors (Lipinski definition) is 0. The first-order chi connectivity index (χ1) is 6.53. The summed E-state index contributed by atoms with van der Waals surface area (Å²) in [6, 6.07) is 0. The van der Waals surface area contributed by atoms with Crippen molar-refractivity contribution < 1.29 is 14.3 Å². The molecule has 0 aromatic carbocycles. The molecule has 1 saturated carbocycles. The zero-order chi connectivity index (χ0) is 10.6. The topological polar surface area (TPSA) is 35.5 Å². The van der Waals surface area contributed by atoms with Crippen LogP contribution in [0.5, 0.6) is 0 Å². The minimum Gasteiger partial charge on any atom is -0.379 e. The molecule has 3 nitrogen and oxygen atoms in total. The number of carbonyl (C=O) groups is 1. The molecule has 3 heteroatoms. The molecule has 1 aliphatic rings. The number of rotatable bonds is 5. The number of carbonyl (C=O) groups excluding carboxylic acids is 1. The van der Waals surface area contributed by atoms with Gasteiger partial charge in [0.25, 0.3) is 0 Å². The smallest absolute Gasteiger partial charge is 0.135 e. The van der Waals surface area contributed by atoms with Crippen LogP contribution in [0.1, 0.15) is 39.5 Å². The van der Waals surface area contributed by atoms with Crippen LogP contribution in [-0.4, -0.2) is 31.2 Å². The molecule has 0 aromatic heterocycles. The van der Waals surface area contributed by atoms with Crippen molar-refractivity contribution >= 4 is 5.78 Å². The molecule has 0 radical (unpaired) electrons. The van der Waals surface area contributed by atoms with E-state index < -0.39 is 0 Å². The van der Waals surface area contributed by atoms with Gasteiger partial charge in [-0.05, 0) is 26.7 Å². The molecule has 0 N–H and O–H groups in total. The largest absolute Gasteiger partial charge is 0.379 e. The fraction of sp³-hybridized carbons (Fsp3) is 0.909. The van der Waals surface area contributed by atoms with E-state index in [1.165, 1.54) is 0 Å². The summed E-state index contributed by atoms with van der Waals surface area (Å²) in [4.78, 5) is 11.0. The summed E-state index contributed by atoms with van der Waals surface area (Å²) < 4.78 is 10.9. The van der Waals surface area contributed by atoms with E-state index in [0.29, 0.717) is 25.2 Å². The van der Waals surface area contributed by atoms with Crippen molar-refractivity contribution in [1.29, 1.82) is 0 Å². The van der Waals surface area contributed by atoms with E-state index >= 15 is 0 Å². The molecule has 82 valence electrons. The SMILES string of the molecule is COC(C)(C)CCOC1CCC(=O)C1. The highest BCUT2D eigenvalue weighted by Crippen LogP contribution is 2.20. The van der Waals surface area contributed by atoms with Crippen molar-refractivity contribution in [1.82, 2.24) is 0 Å². The molecule has 14 heavy (non-hydrogen) atoms. The summed E-state index contributed by atoms with van der Waals surface area (Å²) in [6.45, 7) is 4.76. The Balaban J connectivity index is 2.12. The summed E-state index contributed by atoms with van der Waals surface area (Å²) >= 11 is 0. The molecule has 0 amide bonds. The summed E-state index contributed by atoms with van der Waals surface area (Å²) in [5, 5.41) is 0. The van der Waals surface area contributed by atoms with E-state index in [1.54, 1.807) is 7.11 Å². The van der Waals surface area contributed by atoms with Crippen LogP contribution < -0.4 is 0 Å². The summed E-state index contributed by atoms with van der Waals surface area (Å²) in [6.07, 6.45) is 3.22. The molecule has 0 spiro atoms. The van der Waals surface area contributed by atoms with Crippen molar-refractivity contribution in [2.45, 2.75) is 51.2 Å². The van der Waals surface area contributed by atoms with Gasteiger partial charge in [0.2, 0.25) is 0 Å². The molecule has 0 aromatic rings. The van der Waals surface area contributed by atoms with Crippen molar-refractivity contribution in [3.05, 3.63) is 0 Å². The maximum absolute atomic E-state index is 11.0. The summed E-state index contributed by atoms with van der Waals surface area (Å²) in [5.74, 6) is 0.334. The molecule has 0 aliphatic heterocycles. The van der Waals surface area contributed by atoms with Crippen LogP contribution in [0.15, 0.2) is 0 Å². The minimum absolute atomic E-state index is 0.122. The van der Waals surface area contributed by atoms with Gasteiger partial charge in [-0.1, -0.05) is 0 Å². The molecular weight excluding hydrogens is 180 g/mol. The zero-order valence-corrected chi connectivity index (χ0v) is 9.34. The number of Topliss-reactive ketones (excluding diaryl/α,β-unsaturated/α-hetero) is 1. The highest BCUT2D eigenvalue weighted by atomic mass is 16.5. The minimum atomic E-state index is -0.122. The van der Waals surface area contributed by atoms with E-state index in [9.17, 15) is 4.79 Å². The van der Waals surface area contributed by atoms with Gasteiger partial charge in [0, 0.05) is 26.6 Å². The predicted molar refractivity (Wildman–Crippen MR) is 54.3 cm³/mol. The third kappa shape index (κ3) is 3.76. The first-order valence-corrected chi connectivity index (χ1v) is 5.22. The first-order valence-electron chi connectivity index (χ1n) is 5.22. The van der Waals surface area contributed by atoms with Crippen LogP contribution in [0.2, 0.25) is 0 Å². The number of hydrogen-bond acceptors (Lipinski definition) is 3. The molecule has 1 unspecified atom stereocenters. The molecule has 0 saturated heterocycles. The average molecular weight is 200 g/mol. The lowest BCUT2D eigenvalue weighted by Gasteiger charge is -2.23. The van der Waals surface area contributed by atoms with Crippen LogP contribution >= 0.6 is 0 Å². The van der Waals surface area contributed by atoms with Crippen molar-refractivity contribution in [3.8, 4) is 0 Å². The van der Waals surface area contributed by atoms with Gasteiger partial charge in [0.1, 0.15) is 5.78 Å². The average Bonchev–Trinajstić information content (AvgIpc) is 2.51. The van der Waals surface area contributed by atoms with Crippen LogP contribution in [0.3, 0.4) is 0 Å². The lowest BCUT2D eigenvalue weighted by molar-refractivity contribution is -0.118. The van der Waals surface area contributed by atoms with Crippen LogP contribution in [-0.2, 0) is 14.3 Å². The van der Waals surface area contributed by atoms with Crippen LogP contribution in [0.4, 0.5) is 0 Å². The third-order valence-electron chi connectivity index (χ3n) is 2.81. The van der Waals surface area contributed by atoms with Crippen molar-refractivity contribution in [3.63, 3.8) is 0 Å². The number of methoxy groups -OCH3 is 1. The Morgan fingerprint density at radius 3 is 2.71 bits per heavy atom. The highest BCUT2D eigenvalue weighted by Gasteiger charge is 2.23. The van der Waals surface area contributed by atoms with Gasteiger partial charge in [-0.2, -0.15) is 0 Å². The molecule has 0 heterocycles. The fourth-order valence-electron chi connectivity index (χ4n) is 1.50. The van der Waals surface area contributed by atoms with Gasteiger partial charge < -0.3 is 9.47 Å². The van der Waals surface area contributed by atoms with Gasteiger partial charge in [-0.15, -0.1) is 0 Å². The maximum atomic E-state index is 11.0. The van der Waals surface area contributed by atoms with E-state index in [1.807, 2.05) is 13.8 Å². The van der Waals surface area contributed by atoms with Gasteiger partial charge in [0.05, 0.1) is 11.7 Å². The van der Waals surface area contributed by atoms with E-state index in [0.717, 1.165) is 12.8 Å². The molecular formula is C11H20O3. The van der Waals surface area contributed by atoms with Crippen LogP contribution in [0, 0.1) is 0 Å². The lowest BCUT2D eigenvalue weighted by Crippen LogP contribution is -2.25. The van der Waals surface area contributed by atoms with E-state index in [4.69, 9.17) is 9.47 Å². The first kappa shape index (κ1) is 11.7. The Bertz CT molecular complexity index is 199. The monoisotopic (exact) mass is 200 g/mol. The van der Waals surface area contributed by atoms with E-state index in [2.05, 4.69) is 0 Å². The van der Waals surface area contributed by atoms with Crippen molar-refractivity contribution in [2.75, 3.05) is 13.7 Å². The quantitative estimate of drug-likeness (QED) is 0.680. The van der Waals surface area contributed by atoms with Gasteiger partial charge in [0.15, 0.2) is 0 Å². The Kier molecular flexibility index (Phi) is 4.08. The van der Waals surface area contributed by atoms with Crippen LogP contribution in [0.25, 0.3) is 0 Å². The summed E-state index contributed by atoms with van der Waals surface area (Å²) in [5.41, 5.74) is -0.122.